The molecular formula is C27H26N4O4S2. The number of hydrogen-bond donors (Lipinski definition) is 1. The SMILES string of the molecule is COc1ccc(-n2c(SCC(=O)NN=Cc3ccccc3OC)nc3sc4c(c3c2=O)CCCC4)cc1. The van der Waals surface area contributed by atoms with Gasteiger partial charge in [-0.2, -0.15) is 5.10 Å². The number of carbonyl (C=O) groups excluding carboxylic acids is 1. The number of benzene rings is 2. The van der Waals surface area contributed by atoms with Crippen LogP contribution in [0.4, 0.5) is 0 Å². The van der Waals surface area contributed by atoms with Crippen LogP contribution in [0.15, 0.2) is 63.6 Å². The number of para-hydroxylation sites is 1. The molecule has 2 aromatic heterocycles. The largest absolute Gasteiger partial charge is 0.497 e. The van der Waals surface area contributed by atoms with Crippen LogP contribution in [0.1, 0.15) is 28.8 Å². The van der Waals surface area contributed by atoms with E-state index in [1.165, 1.54) is 22.9 Å². The number of amides is 1. The summed E-state index contributed by atoms with van der Waals surface area (Å²) in [5.74, 6) is 1.09. The number of nitrogens with zero attached hydrogens (tertiary/aromatic N) is 3. The molecule has 5 rings (SSSR count). The molecule has 8 nitrogen and oxygen atoms in total. The molecule has 0 bridgehead atoms. The Morgan fingerprint density at radius 3 is 2.70 bits per heavy atom. The maximum Gasteiger partial charge on any atom is 0.267 e. The Kier molecular flexibility index (Phi) is 7.57. The molecule has 4 aromatic rings. The Hall–Kier alpha value is -3.63. The lowest BCUT2D eigenvalue weighted by Crippen LogP contribution is -2.24. The summed E-state index contributed by atoms with van der Waals surface area (Å²) in [5, 5.41) is 5.22. The molecular weight excluding hydrogens is 508 g/mol. The zero-order chi connectivity index (χ0) is 25.8. The van der Waals surface area contributed by atoms with Gasteiger partial charge in [-0.15, -0.1) is 11.3 Å². The molecule has 1 aliphatic carbocycles. The van der Waals surface area contributed by atoms with E-state index >= 15 is 0 Å². The summed E-state index contributed by atoms with van der Waals surface area (Å²) < 4.78 is 12.2. The van der Waals surface area contributed by atoms with Gasteiger partial charge in [-0.25, -0.2) is 10.4 Å². The normalized spacial score (nSPS) is 13.0. The molecule has 10 heteroatoms. The first-order valence-corrected chi connectivity index (χ1v) is 13.7. The molecule has 0 spiro atoms. The van der Waals surface area contributed by atoms with Crippen LogP contribution in [-0.2, 0) is 17.6 Å². The second-order valence-electron chi connectivity index (χ2n) is 8.45. The predicted octanol–water partition coefficient (Wildman–Crippen LogP) is 4.59. The van der Waals surface area contributed by atoms with E-state index in [4.69, 9.17) is 14.5 Å². The van der Waals surface area contributed by atoms with Crippen LogP contribution >= 0.6 is 23.1 Å². The Balaban J connectivity index is 1.43. The van der Waals surface area contributed by atoms with E-state index < -0.39 is 0 Å². The van der Waals surface area contributed by atoms with Crippen molar-refractivity contribution in [3.05, 3.63) is 74.9 Å². The number of rotatable bonds is 8. The summed E-state index contributed by atoms with van der Waals surface area (Å²) in [4.78, 5) is 33.3. The smallest absolute Gasteiger partial charge is 0.267 e. The third-order valence-corrected chi connectivity index (χ3v) is 8.28. The summed E-state index contributed by atoms with van der Waals surface area (Å²) in [6.07, 6.45) is 5.62. The van der Waals surface area contributed by atoms with Crippen molar-refractivity contribution in [3.8, 4) is 17.2 Å². The maximum atomic E-state index is 13.8. The van der Waals surface area contributed by atoms with Crippen LogP contribution in [0.2, 0.25) is 0 Å². The fourth-order valence-corrected chi connectivity index (χ4v) is 6.46. The molecule has 1 aliphatic rings. The van der Waals surface area contributed by atoms with Crippen molar-refractivity contribution >= 4 is 45.4 Å². The zero-order valence-electron chi connectivity index (χ0n) is 20.5. The number of methoxy groups -OCH3 is 2. The highest BCUT2D eigenvalue weighted by Crippen LogP contribution is 2.35. The van der Waals surface area contributed by atoms with Gasteiger partial charge in [0.2, 0.25) is 0 Å². The van der Waals surface area contributed by atoms with Gasteiger partial charge in [0.05, 0.1) is 37.3 Å². The second-order valence-corrected chi connectivity index (χ2v) is 10.5. The van der Waals surface area contributed by atoms with Crippen molar-refractivity contribution in [2.45, 2.75) is 30.8 Å². The molecule has 1 N–H and O–H groups in total. The first-order chi connectivity index (χ1) is 18.1. The van der Waals surface area contributed by atoms with E-state index in [1.807, 2.05) is 48.5 Å². The summed E-state index contributed by atoms with van der Waals surface area (Å²) in [6.45, 7) is 0. The monoisotopic (exact) mass is 534 g/mol. The van der Waals surface area contributed by atoms with E-state index in [1.54, 1.807) is 30.1 Å². The van der Waals surface area contributed by atoms with Crippen molar-refractivity contribution in [2.24, 2.45) is 5.10 Å². The highest BCUT2D eigenvalue weighted by Gasteiger charge is 2.23. The number of carbonyl (C=O) groups is 1. The number of thiophene rings is 1. The number of aryl methyl sites for hydroxylation is 2. The van der Waals surface area contributed by atoms with Gasteiger partial charge in [0.1, 0.15) is 16.3 Å². The van der Waals surface area contributed by atoms with E-state index in [2.05, 4.69) is 10.5 Å². The minimum absolute atomic E-state index is 0.0441. The maximum absolute atomic E-state index is 13.8. The molecule has 0 atom stereocenters. The van der Waals surface area contributed by atoms with Crippen molar-refractivity contribution in [2.75, 3.05) is 20.0 Å². The fourth-order valence-electron chi connectivity index (χ4n) is 4.35. The summed E-state index contributed by atoms with van der Waals surface area (Å²) in [7, 11) is 3.18. The number of hydrogen-bond acceptors (Lipinski definition) is 8. The van der Waals surface area contributed by atoms with Gasteiger partial charge in [-0.1, -0.05) is 23.9 Å². The number of thioether (sulfide) groups is 1. The van der Waals surface area contributed by atoms with Crippen LogP contribution in [0, 0.1) is 0 Å². The molecule has 0 saturated carbocycles. The average Bonchev–Trinajstić information content (AvgIpc) is 3.31. The molecule has 190 valence electrons. The van der Waals surface area contributed by atoms with E-state index in [0.29, 0.717) is 27.7 Å². The van der Waals surface area contributed by atoms with Crippen molar-refractivity contribution < 1.29 is 14.3 Å². The lowest BCUT2D eigenvalue weighted by molar-refractivity contribution is -0.118. The van der Waals surface area contributed by atoms with Gasteiger partial charge < -0.3 is 9.47 Å². The minimum Gasteiger partial charge on any atom is -0.497 e. The molecule has 2 heterocycles. The van der Waals surface area contributed by atoms with Gasteiger partial charge in [0, 0.05) is 10.4 Å². The lowest BCUT2D eigenvalue weighted by Gasteiger charge is -2.14. The molecule has 2 aromatic carbocycles. The third kappa shape index (κ3) is 5.26. The summed E-state index contributed by atoms with van der Waals surface area (Å²) >= 11 is 2.80. The highest BCUT2D eigenvalue weighted by molar-refractivity contribution is 7.99. The van der Waals surface area contributed by atoms with E-state index in [9.17, 15) is 9.59 Å². The average molecular weight is 535 g/mol. The standard InChI is InChI=1S/C27H26N4O4S2/c1-34-19-13-11-18(12-14-19)31-26(33)24-20-8-4-6-10-22(20)37-25(24)29-27(31)36-16-23(32)30-28-15-17-7-3-5-9-21(17)35-2/h3,5,7,9,11-15H,4,6,8,10,16H2,1-2H3,(H,30,32). The van der Waals surface area contributed by atoms with Crippen molar-refractivity contribution in [1.82, 2.24) is 15.0 Å². The van der Waals surface area contributed by atoms with E-state index in [-0.39, 0.29) is 17.2 Å². The van der Waals surface area contributed by atoms with Gasteiger partial charge in [-0.05, 0) is 67.6 Å². The topological polar surface area (TPSA) is 94.8 Å². The Labute approximate surface area is 222 Å². The highest BCUT2D eigenvalue weighted by atomic mass is 32.2. The van der Waals surface area contributed by atoms with Crippen LogP contribution in [0.5, 0.6) is 11.5 Å². The van der Waals surface area contributed by atoms with Gasteiger partial charge in [0.15, 0.2) is 5.16 Å². The van der Waals surface area contributed by atoms with Crippen LogP contribution in [0.3, 0.4) is 0 Å². The molecule has 0 fully saturated rings. The summed E-state index contributed by atoms with van der Waals surface area (Å²) in [6, 6.07) is 14.7. The lowest BCUT2D eigenvalue weighted by atomic mass is 9.97. The Morgan fingerprint density at radius 2 is 1.92 bits per heavy atom. The Bertz CT molecular complexity index is 1530. The third-order valence-electron chi connectivity index (χ3n) is 6.15. The first kappa shape index (κ1) is 25.0. The van der Waals surface area contributed by atoms with Crippen LogP contribution < -0.4 is 20.5 Å². The molecule has 1 amide bonds. The quantitative estimate of drug-likeness (QED) is 0.154. The van der Waals surface area contributed by atoms with E-state index in [0.717, 1.165) is 41.6 Å². The second kappa shape index (κ2) is 11.2. The van der Waals surface area contributed by atoms with Crippen molar-refractivity contribution in [3.63, 3.8) is 0 Å². The summed E-state index contributed by atoms with van der Waals surface area (Å²) in [5.41, 5.74) is 4.99. The molecule has 0 radical (unpaired) electrons. The fraction of sp³-hybridized carbons (Fsp3) is 0.259. The van der Waals surface area contributed by atoms with Crippen molar-refractivity contribution in [1.29, 1.82) is 0 Å². The number of hydrazone groups is 1. The zero-order valence-corrected chi connectivity index (χ0v) is 22.2. The van der Waals surface area contributed by atoms with Gasteiger partial charge in [0.25, 0.3) is 11.5 Å². The number of aromatic nitrogens is 2. The first-order valence-electron chi connectivity index (χ1n) is 11.9. The van der Waals surface area contributed by atoms with Crippen LogP contribution in [-0.4, -0.2) is 41.6 Å². The molecule has 0 aliphatic heterocycles. The predicted molar refractivity (Wildman–Crippen MR) is 148 cm³/mol. The molecule has 0 saturated heterocycles. The van der Waals surface area contributed by atoms with Gasteiger partial charge in [-0.3, -0.25) is 14.2 Å². The van der Waals surface area contributed by atoms with Gasteiger partial charge >= 0.3 is 0 Å². The minimum atomic E-state index is -0.308. The Morgan fingerprint density at radius 1 is 1.14 bits per heavy atom. The van der Waals surface area contributed by atoms with Crippen LogP contribution in [0.25, 0.3) is 15.9 Å². The molecule has 0 unspecified atom stereocenters. The molecule has 37 heavy (non-hydrogen) atoms. The number of ether oxygens (including phenoxy) is 2. The number of nitrogens with one attached hydrogen (secondary N) is 1. The number of fused-ring (bicyclic) bond motifs is 3.